The van der Waals surface area contributed by atoms with Crippen molar-refractivity contribution >= 4 is 0 Å². The van der Waals surface area contributed by atoms with Crippen LogP contribution in [-0.2, 0) is 0 Å². The highest BCUT2D eigenvalue weighted by atomic mass is 19.1. The average Bonchev–Trinajstić information content (AvgIpc) is 2.46. The number of piperazine rings is 1. The van der Waals surface area contributed by atoms with Crippen molar-refractivity contribution in [3.05, 3.63) is 29.6 Å². The number of halogens is 1. The Hall–Kier alpha value is -1.13. The van der Waals surface area contributed by atoms with E-state index in [1.165, 1.54) is 6.07 Å². The molecule has 1 aliphatic rings. The molecule has 106 valence electrons. The third kappa shape index (κ3) is 3.45. The Morgan fingerprint density at radius 1 is 1.37 bits per heavy atom. The third-order valence-corrected chi connectivity index (χ3v) is 3.72. The minimum Gasteiger partial charge on any atom is -0.497 e. The number of rotatable bonds is 5. The van der Waals surface area contributed by atoms with Crippen LogP contribution in [0.15, 0.2) is 18.2 Å². The molecule has 1 aliphatic heterocycles. The normalized spacial score (nSPS) is 18.3. The summed E-state index contributed by atoms with van der Waals surface area (Å²) < 4.78 is 19.3. The number of benzene rings is 1. The van der Waals surface area contributed by atoms with Crippen molar-refractivity contribution in [3.63, 3.8) is 0 Å². The van der Waals surface area contributed by atoms with Crippen molar-refractivity contribution < 1.29 is 9.13 Å². The van der Waals surface area contributed by atoms with Crippen LogP contribution in [0.4, 0.5) is 4.39 Å². The predicted octanol–water partition coefficient (Wildman–Crippen LogP) is 2.58. The maximum atomic E-state index is 14.2. The van der Waals surface area contributed by atoms with Crippen LogP contribution < -0.4 is 10.1 Å². The zero-order valence-electron chi connectivity index (χ0n) is 11.8. The van der Waals surface area contributed by atoms with Crippen LogP contribution in [0.25, 0.3) is 0 Å². The van der Waals surface area contributed by atoms with Gasteiger partial charge in [0.15, 0.2) is 0 Å². The zero-order valence-corrected chi connectivity index (χ0v) is 11.8. The molecule has 0 bridgehead atoms. The highest BCUT2D eigenvalue weighted by Crippen LogP contribution is 2.30. The summed E-state index contributed by atoms with van der Waals surface area (Å²) in [5.74, 6) is 0.424. The topological polar surface area (TPSA) is 24.5 Å². The van der Waals surface area contributed by atoms with Gasteiger partial charge >= 0.3 is 0 Å². The van der Waals surface area contributed by atoms with Crippen molar-refractivity contribution in [3.8, 4) is 5.75 Å². The van der Waals surface area contributed by atoms with Gasteiger partial charge in [0.2, 0.25) is 0 Å². The van der Waals surface area contributed by atoms with Gasteiger partial charge in [0.05, 0.1) is 7.11 Å². The minimum absolute atomic E-state index is 0.156. The summed E-state index contributed by atoms with van der Waals surface area (Å²) >= 11 is 0. The fraction of sp³-hybridized carbons (Fsp3) is 0.600. The van der Waals surface area contributed by atoms with E-state index in [2.05, 4.69) is 17.1 Å². The first-order valence-corrected chi connectivity index (χ1v) is 7.04. The van der Waals surface area contributed by atoms with Crippen molar-refractivity contribution in [2.45, 2.75) is 25.8 Å². The SMILES string of the molecule is CCC[C@@H](c1ccc(OC)cc1F)N1CCNCC1. The van der Waals surface area contributed by atoms with E-state index >= 15 is 0 Å². The van der Waals surface area contributed by atoms with E-state index in [-0.39, 0.29) is 11.9 Å². The number of ether oxygens (including phenoxy) is 1. The molecule has 0 amide bonds. The first-order valence-electron chi connectivity index (χ1n) is 7.04. The molecule has 0 spiro atoms. The standard InChI is InChI=1S/C15H23FN2O/c1-3-4-15(18-9-7-17-8-10-18)13-6-5-12(19-2)11-14(13)16/h5-6,11,15,17H,3-4,7-10H2,1-2H3/t15-/m0/s1. The van der Waals surface area contributed by atoms with Crippen LogP contribution in [0.5, 0.6) is 5.75 Å². The van der Waals surface area contributed by atoms with E-state index < -0.39 is 0 Å². The largest absolute Gasteiger partial charge is 0.497 e. The Morgan fingerprint density at radius 2 is 2.11 bits per heavy atom. The first-order chi connectivity index (χ1) is 9.26. The maximum Gasteiger partial charge on any atom is 0.131 e. The second kappa shape index (κ2) is 6.87. The quantitative estimate of drug-likeness (QED) is 0.886. The van der Waals surface area contributed by atoms with Gasteiger partial charge in [-0.2, -0.15) is 0 Å². The zero-order chi connectivity index (χ0) is 13.7. The van der Waals surface area contributed by atoms with Gasteiger partial charge in [-0.25, -0.2) is 4.39 Å². The van der Waals surface area contributed by atoms with Crippen LogP contribution in [0.2, 0.25) is 0 Å². The van der Waals surface area contributed by atoms with E-state index in [1.807, 2.05) is 12.1 Å². The lowest BCUT2D eigenvalue weighted by molar-refractivity contribution is 0.161. The molecule has 1 aromatic rings. The monoisotopic (exact) mass is 266 g/mol. The van der Waals surface area contributed by atoms with Gasteiger partial charge in [0.25, 0.3) is 0 Å². The molecular formula is C15H23FN2O. The van der Waals surface area contributed by atoms with E-state index in [0.717, 1.165) is 44.6 Å². The highest BCUT2D eigenvalue weighted by molar-refractivity contribution is 5.31. The van der Waals surface area contributed by atoms with Crippen LogP contribution >= 0.6 is 0 Å². The Bertz CT molecular complexity index is 405. The average molecular weight is 266 g/mol. The Balaban J connectivity index is 2.22. The van der Waals surface area contributed by atoms with E-state index in [0.29, 0.717) is 5.75 Å². The predicted molar refractivity (Wildman–Crippen MR) is 75.0 cm³/mol. The molecule has 1 heterocycles. The number of hydrogen-bond donors (Lipinski definition) is 1. The van der Waals surface area contributed by atoms with Crippen molar-refractivity contribution in [1.29, 1.82) is 0 Å². The molecule has 0 saturated carbocycles. The first kappa shape index (κ1) is 14.3. The molecule has 4 heteroatoms. The second-order valence-corrected chi connectivity index (χ2v) is 4.98. The van der Waals surface area contributed by atoms with Gasteiger partial charge in [-0.15, -0.1) is 0 Å². The van der Waals surface area contributed by atoms with Crippen LogP contribution in [0, 0.1) is 5.82 Å². The van der Waals surface area contributed by atoms with Gasteiger partial charge in [-0.05, 0) is 12.5 Å². The molecule has 1 aromatic carbocycles. The summed E-state index contributed by atoms with van der Waals surface area (Å²) in [4.78, 5) is 2.38. The fourth-order valence-electron chi connectivity index (χ4n) is 2.71. The van der Waals surface area contributed by atoms with E-state index in [9.17, 15) is 4.39 Å². The van der Waals surface area contributed by atoms with Crippen LogP contribution in [0.1, 0.15) is 31.4 Å². The molecule has 3 nitrogen and oxygen atoms in total. The van der Waals surface area contributed by atoms with E-state index in [1.54, 1.807) is 7.11 Å². The van der Waals surface area contributed by atoms with Crippen LogP contribution in [0.3, 0.4) is 0 Å². The molecule has 1 atom stereocenters. The fourth-order valence-corrected chi connectivity index (χ4v) is 2.71. The van der Waals surface area contributed by atoms with Crippen molar-refractivity contribution in [2.24, 2.45) is 0 Å². The Labute approximate surface area is 114 Å². The number of hydrogen-bond acceptors (Lipinski definition) is 3. The summed E-state index contributed by atoms with van der Waals surface area (Å²) in [5, 5.41) is 3.34. The lowest BCUT2D eigenvalue weighted by Gasteiger charge is -2.35. The smallest absolute Gasteiger partial charge is 0.131 e. The molecular weight excluding hydrogens is 243 g/mol. The third-order valence-electron chi connectivity index (χ3n) is 3.72. The lowest BCUT2D eigenvalue weighted by atomic mass is 9.99. The van der Waals surface area contributed by atoms with Crippen LogP contribution in [-0.4, -0.2) is 38.2 Å². The number of nitrogens with one attached hydrogen (secondary N) is 1. The number of methoxy groups -OCH3 is 1. The number of nitrogens with zero attached hydrogens (tertiary/aromatic N) is 1. The van der Waals surface area contributed by atoms with Gasteiger partial charge in [0.1, 0.15) is 11.6 Å². The molecule has 0 aromatic heterocycles. The summed E-state index contributed by atoms with van der Waals surface area (Å²) in [7, 11) is 1.56. The molecule has 1 saturated heterocycles. The van der Waals surface area contributed by atoms with Gasteiger partial charge < -0.3 is 10.1 Å². The molecule has 2 rings (SSSR count). The molecule has 19 heavy (non-hydrogen) atoms. The summed E-state index contributed by atoms with van der Waals surface area (Å²) in [5.41, 5.74) is 0.796. The molecule has 1 N–H and O–H groups in total. The minimum atomic E-state index is -0.156. The highest BCUT2D eigenvalue weighted by Gasteiger charge is 2.23. The van der Waals surface area contributed by atoms with Gasteiger partial charge in [-0.1, -0.05) is 19.4 Å². The molecule has 0 unspecified atom stereocenters. The van der Waals surface area contributed by atoms with E-state index in [4.69, 9.17) is 4.74 Å². The summed E-state index contributed by atoms with van der Waals surface area (Å²) in [6.45, 7) is 6.08. The Kier molecular flexibility index (Phi) is 5.16. The summed E-state index contributed by atoms with van der Waals surface area (Å²) in [6, 6.07) is 5.39. The van der Waals surface area contributed by atoms with Gasteiger partial charge in [0, 0.05) is 43.9 Å². The van der Waals surface area contributed by atoms with Gasteiger partial charge in [-0.3, -0.25) is 4.90 Å². The molecule has 0 aliphatic carbocycles. The Morgan fingerprint density at radius 3 is 2.68 bits per heavy atom. The van der Waals surface area contributed by atoms with Crippen molar-refractivity contribution in [1.82, 2.24) is 10.2 Å². The van der Waals surface area contributed by atoms with Crippen molar-refractivity contribution in [2.75, 3.05) is 33.3 Å². The lowest BCUT2D eigenvalue weighted by Crippen LogP contribution is -2.45. The second-order valence-electron chi connectivity index (χ2n) is 4.98. The molecule has 0 radical (unpaired) electrons. The molecule has 1 fully saturated rings. The maximum absolute atomic E-state index is 14.2. The summed E-state index contributed by atoms with van der Waals surface area (Å²) in [6.07, 6.45) is 2.04.